The third-order valence-electron chi connectivity index (χ3n) is 4.38. The number of nitrogens with zero attached hydrogens (tertiary/aromatic N) is 3. The Balaban J connectivity index is 0.000000949. The number of benzene rings is 1. The third-order valence-corrected chi connectivity index (χ3v) is 4.38. The van der Waals surface area contributed by atoms with Gasteiger partial charge in [0, 0.05) is 56.3 Å². The van der Waals surface area contributed by atoms with Gasteiger partial charge in [0.2, 0.25) is 0 Å². The van der Waals surface area contributed by atoms with Gasteiger partial charge in [-0.1, -0.05) is 42.5 Å². The Kier molecular flexibility index (Phi) is 17.6. The van der Waals surface area contributed by atoms with E-state index in [1.165, 1.54) is 5.56 Å². The molecule has 14 heteroatoms. The van der Waals surface area contributed by atoms with Crippen molar-refractivity contribution in [2.24, 2.45) is 0 Å². The normalized spacial score (nSPS) is 10.9. The van der Waals surface area contributed by atoms with Crippen LogP contribution >= 0.6 is 0 Å². The predicted molar refractivity (Wildman–Crippen MR) is 102 cm³/mol. The fourth-order valence-corrected chi connectivity index (χ4v) is 2.90. The summed E-state index contributed by atoms with van der Waals surface area (Å²) < 4.78 is 67.9. The smallest absolute Gasteiger partial charge is 0.302 e. The average molecular weight is 594 g/mol. The number of hydrogen-bond donors (Lipinski definition) is 0. The summed E-state index contributed by atoms with van der Waals surface area (Å²) in [5, 5.41) is 0. The summed E-state index contributed by atoms with van der Waals surface area (Å²) in [6.45, 7) is 3.11. The van der Waals surface area contributed by atoms with Crippen LogP contribution in [0.3, 0.4) is 0 Å². The van der Waals surface area contributed by atoms with E-state index in [0.717, 1.165) is 50.3 Å². The molecule has 11 nitrogen and oxygen atoms in total. The number of aromatic nitrogens is 2. The minimum atomic E-state index is -4.94. The molecule has 0 spiro atoms. The Bertz CT molecular complexity index is 794. The number of hydrogen-bond acceptors (Lipinski definition) is 11. The van der Waals surface area contributed by atoms with Crippen LogP contribution in [0.2, 0.25) is 0 Å². The molecule has 1 aromatic carbocycles. The summed E-state index contributed by atoms with van der Waals surface area (Å²) in [6, 6.07) is 23.0. The van der Waals surface area contributed by atoms with Crippen LogP contribution in [0.25, 0.3) is 0 Å². The molecule has 0 N–H and O–H groups in total. The molecule has 3 rings (SSSR count). The van der Waals surface area contributed by atoms with Gasteiger partial charge in [0.05, 0.1) is 0 Å². The van der Waals surface area contributed by atoms with Crippen molar-refractivity contribution in [3.05, 3.63) is 96.1 Å². The van der Waals surface area contributed by atoms with E-state index in [1.807, 2.05) is 24.5 Å². The van der Waals surface area contributed by atoms with Crippen LogP contribution < -0.4 is 37.3 Å². The van der Waals surface area contributed by atoms with Crippen LogP contribution in [-0.4, -0.2) is 34.5 Å². The van der Waals surface area contributed by atoms with Crippen molar-refractivity contribution < 1.29 is 74.8 Å². The van der Waals surface area contributed by atoms with Gasteiger partial charge in [0.15, 0.2) is 0 Å². The molecule has 0 atom stereocenters. The first kappa shape index (κ1) is 34.3. The first-order valence-electron chi connectivity index (χ1n) is 10.2. The van der Waals surface area contributed by atoms with Gasteiger partial charge >= 0.3 is 17.1 Å². The van der Waals surface area contributed by atoms with Crippen molar-refractivity contribution >= 4 is 0 Å². The van der Waals surface area contributed by atoms with E-state index in [-0.39, 0.29) is 17.1 Å². The second-order valence-corrected chi connectivity index (χ2v) is 8.49. The Morgan fingerprint density at radius 3 is 1.25 bits per heavy atom. The Morgan fingerprint density at radius 2 is 0.889 bits per heavy atom. The van der Waals surface area contributed by atoms with E-state index in [0.29, 0.717) is 0 Å². The van der Waals surface area contributed by atoms with Gasteiger partial charge < -0.3 is 4.90 Å². The summed E-state index contributed by atoms with van der Waals surface area (Å²) in [7, 11) is -9.89. The van der Waals surface area contributed by atoms with Crippen molar-refractivity contribution in [3.8, 4) is 0 Å². The fraction of sp³-hybridized carbons (Fsp3) is 0.273. The van der Waals surface area contributed by atoms with Crippen molar-refractivity contribution in [1.82, 2.24) is 14.9 Å². The first-order chi connectivity index (χ1) is 16.4. The molecule has 0 saturated carbocycles. The monoisotopic (exact) mass is 592 g/mol. The van der Waals surface area contributed by atoms with E-state index >= 15 is 0 Å². The zero-order valence-electron chi connectivity index (χ0n) is 18.9. The van der Waals surface area contributed by atoms with Crippen molar-refractivity contribution in [1.29, 1.82) is 0 Å². The molecule has 0 fully saturated rings. The van der Waals surface area contributed by atoms with Gasteiger partial charge in [-0.15, -0.1) is 20.5 Å². The van der Waals surface area contributed by atoms with Gasteiger partial charge in [-0.3, -0.25) is 9.97 Å². The van der Waals surface area contributed by atoms with Crippen molar-refractivity contribution in [2.75, 3.05) is 19.6 Å². The minimum absolute atomic E-state index is 0. The third kappa shape index (κ3) is 22.7. The van der Waals surface area contributed by atoms with Crippen LogP contribution in [0.5, 0.6) is 0 Å². The summed E-state index contributed by atoms with van der Waals surface area (Å²) in [5.41, 5.74) is 3.71. The van der Waals surface area contributed by atoms with Gasteiger partial charge in [-0.05, 0) is 36.2 Å². The Morgan fingerprint density at radius 1 is 0.528 bits per heavy atom. The molecule has 2 aromatic heterocycles. The van der Waals surface area contributed by atoms with E-state index in [9.17, 15) is 0 Å². The second kappa shape index (κ2) is 18.5. The van der Waals surface area contributed by atoms with Crippen LogP contribution in [0, 0.1) is 20.5 Å². The van der Waals surface area contributed by atoms with Crippen LogP contribution in [-0.2, 0) is 36.3 Å². The van der Waals surface area contributed by atoms with Crippen LogP contribution in [0.15, 0.2) is 79.1 Å². The number of pyridine rings is 2. The Hall–Kier alpha value is -1.74. The zero-order chi connectivity index (χ0) is 26.2. The van der Waals surface area contributed by atoms with Gasteiger partial charge in [0.25, 0.3) is 0 Å². The van der Waals surface area contributed by atoms with Crippen LogP contribution in [0.4, 0.5) is 0 Å². The van der Waals surface area contributed by atoms with E-state index in [4.69, 9.17) is 37.3 Å². The molecule has 0 saturated heterocycles. The summed E-state index contributed by atoms with van der Waals surface area (Å²) in [5.74, 6) is 0. The summed E-state index contributed by atoms with van der Waals surface area (Å²) >= 11 is 0. The standard InChI is InChI=1S/C22H25N3.2ClHO4.Cu/c1-2-8-20(9-3-1)12-17-25(18-13-21-10-4-6-15-23-21)19-14-22-11-5-7-16-24-22;2*2-1(3,4)5;/h1-11,15-16H,12-14,17-19H2;2*(H,2,3,4,5);/q;;;+2/p-2. The summed E-state index contributed by atoms with van der Waals surface area (Å²) in [4.78, 5) is 11.4. The van der Waals surface area contributed by atoms with Crippen molar-refractivity contribution in [3.63, 3.8) is 0 Å². The molecule has 0 bridgehead atoms. The Labute approximate surface area is 224 Å². The molecular weight excluding hydrogens is 569 g/mol. The molecule has 0 unspecified atom stereocenters. The quantitative estimate of drug-likeness (QED) is 0.213. The molecule has 0 aliphatic carbocycles. The SMILES string of the molecule is [Cu+2].[O-][Cl+3]([O-])([O-])[O-].[O-][Cl+3]([O-])([O-])[O-].c1ccc(CCN(CCc2ccccn2)CCc2ccccn2)cc1. The van der Waals surface area contributed by atoms with E-state index in [1.54, 1.807) is 0 Å². The van der Waals surface area contributed by atoms with Gasteiger partial charge in [0.1, 0.15) is 0 Å². The zero-order valence-corrected chi connectivity index (χ0v) is 21.4. The minimum Gasteiger partial charge on any atom is -0.302 e. The molecule has 36 heavy (non-hydrogen) atoms. The molecule has 0 amide bonds. The largest absolute Gasteiger partial charge is 2.00 e. The summed E-state index contributed by atoms with van der Waals surface area (Å²) in [6.07, 6.45) is 6.79. The fourth-order valence-electron chi connectivity index (χ4n) is 2.90. The van der Waals surface area contributed by atoms with E-state index < -0.39 is 20.5 Å². The first-order valence-corrected chi connectivity index (χ1v) is 12.7. The molecule has 201 valence electrons. The molecule has 2 heterocycles. The average Bonchev–Trinajstić information content (AvgIpc) is 2.78. The van der Waals surface area contributed by atoms with Gasteiger partial charge in [-0.2, -0.15) is 0 Å². The molecule has 0 aliphatic heterocycles. The van der Waals surface area contributed by atoms with Crippen LogP contribution in [0.1, 0.15) is 17.0 Å². The molecular formula is C22H25Cl2CuN3O8. The maximum absolute atomic E-state index is 8.49. The molecule has 3 aromatic rings. The van der Waals surface area contributed by atoms with E-state index in [2.05, 4.69) is 69.5 Å². The van der Waals surface area contributed by atoms with Crippen molar-refractivity contribution in [2.45, 2.75) is 19.3 Å². The molecule has 1 radical (unpaired) electrons. The maximum Gasteiger partial charge on any atom is 2.00 e. The van der Waals surface area contributed by atoms with Gasteiger partial charge in [-0.25, -0.2) is 37.3 Å². The maximum atomic E-state index is 8.49. The number of halogens is 2. The topological polar surface area (TPSA) is 214 Å². The number of rotatable bonds is 9. The predicted octanol–water partition coefficient (Wildman–Crippen LogP) is -5.71. The molecule has 0 aliphatic rings. The second-order valence-electron chi connectivity index (χ2n) is 6.98.